The van der Waals surface area contributed by atoms with Crippen molar-refractivity contribution in [3.8, 4) is 17.2 Å². The molecule has 160 valence electrons. The fourth-order valence-corrected chi connectivity index (χ4v) is 3.90. The molecule has 7 heteroatoms. The Kier molecular flexibility index (Phi) is 6.26. The Morgan fingerprint density at radius 1 is 1.23 bits per heavy atom. The van der Waals surface area contributed by atoms with E-state index < -0.39 is 0 Å². The van der Waals surface area contributed by atoms with Crippen LogP contribution < -0.4 is 19.5 Å². The van der Waals surface area contributed by atoms with E-state index in [0.717, 1.165) is 54.4 Å². The number of hydrogen-bond donors (Lipinski definition) is 1. The normalized spacial score (nSPS) is 18.1. The molecule has 0 spiro atoms. The van der Waals surface area contributed by atoms with Gasteiger partial charge in [0.05, 0.1) is 5.69 Å². The molecule has 0 radical (unpaired) electrons. The van der Waals surface area contributed by atoms with E-state index in [1.165, 1.54) is 0 Å². The second-order valence-corrected chi connectivity index (χ2v) is 7.72. The first-order valence-corrected chi connectivity index (χ1v) is 10.7. The second-order valence-electron chi connectivity index (χ2n) is 7.72. The van der Waals surface area contributed by atoms with Crippen LogP contribution in [0.1, 0.15) is 31.2 Å². The summed E-state index contributed by atoms with van der Waals surface area (Å²) in [5.41, 5.74) is 2.82. The third kappa shape index (κ3) is 4.78. The van der Waals surface area contributed by atoms with Gasteiger partial charge in [-0.15, -0.1) is 0 Å². The van der Waals surface area contributed by atoms with Gasteiger partial charge in [0.15, 0.2) is 18.1 Å². The second kappa shape index (κ2) is 9.24. The molecular formula is C23H29N3O4. The number of nitrogens with one attached hydrogen (secondary N) is 1. The predicted octanol–water partition coefficient (Wildman–Crippen LogP) is 3.21. The number of nitrogens with zero attached hydrogens (tertiary/aromatic N) is 2. The molecule has 1 aromatic carbocycles. The summed E-state index contributed by atoms with van der Waals surface area (Å²) in [4.78, 5) is 19.1. The van der Waals surface area contributed by atoms with Gasteiger partial charge in [-0.3, -0.25) is 9.78 Å². The van der Waals surface area contributed by atoms with Gasteiger partial charge in [-0.1, -0.05) is 6.92 Å². The van der Waals surface area contributed by atoms with E-state index in [9.17, 15) is 4.79 Å². The number of rotatable bonds is 6. The highest BCUT2D eigenvalue weighted by atomic mass is 16.6. The van der Waals surface area contributed by atoms with Gasteiger partial charge in [-0.05, 0) is 50.5 Å². The van der Waals surface area contributed by atoms with Gasteiger partial charge in [0.1, 0.15) is 19.0 Å². The van der Waals surface area contributed by atoms with Gasteiger partial charge >= 0.3 is 0 Å². The zero-order valence-corrected chi connectivity index (χ0v) is 17.6. The highest BCUT2D eigenvalue weighted by Gasteiger charge is 2.24. The maximum atomic E-state index is 12.7. The first kappa shape index (κ1) is 20.3. The number of amides is 1. The van der Waals surface area contributed by atoms with Crippen LogP contribution in [0.3, 0.4) is 0 Å². The van der Waals surface area contributed by atoms with Gasteiger partial charge in [0, 0.05) is 36.6 Å². The fraction of sp³-hybridized carbons (Fsp3) is 0.478. The number of aryl methyl sites for hydroxylation is 2. The third-order valence-corrected chi connectivity index (χ3v) is 5.44. The molecule has 0 bridgehead atoms. The Morgan fingerprint density at radius 2 is 2.07 bits per heavy atom. The Morgan fingerprint density at radius 3 is 2.90 bits per heavy atom. The average Bonchev–Trinajstić information content (AvgIpc) is 2.78. The lowest BCUT2D eigenvalue weighted by Crippen LogP contribution is -2.46. The van der Waals surface area contributed by atoms with E-state index in [1.54, 1.807) is 0 Å². The van der Waals surface area contributed by atoms with E-state index in [0.29, 0.717) is 25.5 Å². The van der Waals surface area contributed by atoms with Crippen LogP contribution in [-0.4, -0.2) is 54.7 Å². The maximum Gasteiger partial charge on any atom is 0.260 e. The minimum atomic E-state index is 0.00584. The van der Waals surface area contributed by atoms with E-state index >= 15 is 0 Å². The van der Waals surface area contributed by atoms with Gasteiger partial charge in [-0.2, -0.15) is 0 Å². The Bertz CT molecular complexity index is 902. The molecule has 0 aliphatic carbocycles. The molecule has 1 saturated heterocycles. The molecule has 4 rings (SSSR count). The number of aromatic nitrogens is 1. The lowest BCUT2D eigenvalue weighted by Gasteiger charge is -2.34. The zero-order valence-electron chi connectivity index (χ0n) is 17.6. The SMILES string of the molecule is CCc1nc(C)ccc1OCC(=O)N1CCCC(Nc2ccc3c(c2)OCCO3)C1. The van der Waals surface area contributed by atoms with Gasteiger partial charge in [-0.25, -0.2) is 0 Å². The van der Waals surface area contributed by atoms with Crippen molar-refractivity contribution in [3.05, 3.63) is 41.7 Å². The van der Waals surface area contributed by atoms with Crippen LogP contribution in [0.15, 0.2) is 30.3 Å². The molecule has 2 aromatic rings. The van der Waals surface area contributed by atoms with Crippen LogP contribution >= 0.6 is 0 Å². The molecule has 1 amide bonds. The molecule has 3 heterocycles. The molecule has 2 aliphatic rings. The quantitative estimate of drug-likeness (QED) is 0.787. The summed E-state index contributed by atoms with van der Waals surface area (Å²) in [5.74, 6) is 2.24. The number of fused-ring (bicyclic) bond motifs is 1. The Balaban J connectivity index is 1.33. The lowest BCUT2D eigenvalue weighted by atomic mass is 10.1. The van der Waals surface area contributed by atoms with Crippen molar-refractivity contribution in [1.29, 1.82) is 0 Å². The van der Waals surface area contributed by atoms with Crippen molar-refractivity contribution in [1.82, 2.24) is 9.88 Å². The predicted molar refractivity (Wildman–Crippen MR) is 115 cm³/mol. The summed E-state index contributed by atoms with van der Waals surface area (Å²) in [5, 5.41) is 3.53. The number of pyridine rings is 1. The number of hydrogen-bond acceptors (Lipinski definition) is 6. The van der Waals surface area contributed by atoms with Crippen molar-refractivity contribution in [2.24, 2.45) is 0 Å². The van der Waals surface area contributed by atoms with Crippen molar-refractivity contribution >= 4 is 11.6 Å². The smallest absolute Gasteiger partial charge is 0.260 e. The molecule has 7 nitrogen and oxygen atoms in total. The van der Waals surface area contributed by atoms with Crippen molar-refractivity contribution in [2.45, 2.75) is 39.2 Å². The van der Waals surface area contributed by atoms with E-state index in [2.05, 4.69) is 10.3 Å². The third-order valence-electron chi connectivity index (χ3n) is 5.44. The summed E-state index contributed by atoms with van der Waals surface area (Å²) in [6.45, 7) is 6.59. The first-order valence-electron chi connectivity index (χ1n) is 10.7. The van der Waals surface area contributed by atoms with Gasteiger partial charge in [0.25, 0.3) is 5.91 Å². The maximum absolute atomic E-state index is 12.7. The summed E-state index contributed by atoms with van der Waals surface area (Å²) < 4.78 is 17.1. The van der Waals surface area contributed by atoms with Crippen molar-refractivity contribution in [2.75, 3.05) is 38.2 Å². The largest absolute Gasteiger partial charge is 0.486 e. The lowest BCUT2D eigenvalue weighted by molar-refractivity contribution is -0.134. The molecule has 1 N–H and O–H groups in total. The Labute approximate surface area is 177 Å². The minimum Gasteiger partial charge on any atom is -0.486 e. The number of likely N-dealkylation sites (tertiary alicyclic amines) is 1. The summed E-state index contributed by atoms with van der Waals surface area (Å²) in [6, 6.07) is 9.89. The molecule has 0 saturated carbocycles. The monoisotopic (exact) mass is 411 g/mol. The van der Waals surface area contributed by atoms with E-state index in [1.807, 2.05) is 49.1 Å². The first-order chi connectivity index (χ1) is 14.6. The standard InChI is InChI=1S/C23H29N3O4/c1-3-19-20(8-6-16(2)24-19)30-15-23(27)26-10-4-5-18(14-26)25-17-7-9-21-22(13-17)29-12-11-28-21/h6-9,13,18,25H,3-5,10-12,14-15H2,1-2H3. The van der Waals surface area contributed by atoms with Crippen LogP contribution in [0.5, 0.6) is 17.2 Å². The molecule has 30 heavy (non-hydrogen) atoms. The minimum absolute atomic E-state index is 0.00584. The van der Waals surface area contributed by atoms with Crippen molar-refractivity contribution < 1.29 is 19.0 Å². The van der Waals surface area contributed by atoms with E-state index in [4.69, 9.17) is 14.2 Å². The van der Waals surface area contributed by atoms with Crippen molar-refractivity contribution in [3.63, 3.8) is 0 Å². The number of ether oxygens (including phenoxy) is 3. The van der Waals surface area contributed by atoms with E-state index in [-0.39, 0.29) is 18.6 Å². The van der Waals surface area contributed by atoms with Crippen LogP contribution in [-0.2, 0) is 11.2 Å². The number of benzene rings is 1. The van der Waals surface area contributed by atoms with Crippen LogP contribution in [0.2, 0.25) is 0 Å². The number of piperidine rings is 1. The summed E-state index contributed by atoms with van der Waals surface area (Å²) in [7, 11) is 0. The summed E-state index contributed by atoms with van der Waals surface area (Å²) >= 11 is 0. The molecular weight excluding hydrogens is 382 g/mol. The summed E-state index contributed by atoms with van der Waals surface area (Å²) in [6.07, 6.45) is 2.75. The molecule has 1 unspecified atom stereocenters. The van der Waals surface area contributed by atoms with Crippen LogP contribution in [0.4, 0.5) is 5.69 Å². The zero-order chi connectivity index (χ0) is 20.9. The topological polar surface area (TPSA) is 72.9 Å². The highest BCUT2D eigenvalue weighted by Crippen LogP contribution is 2.33. The highest BCUT2D eigenvalue weighted by molar-refractivity contribution is 5.78. The molecule has 2 aliphatic heterocycles. The van der Waals surface area contributed by atoms with Crippen LogP contribution in [0, 0.1) is 6.92 Å². The van der Waals surface area contributed by atoms with Gasteiger partial charge < -0.3 is 24.4 Å². The average molecular weight is 412 g/mol. The molecule has 1 atom stereocenters. The number of carbonyl (C=O) groups is 1. The number of anilines is 1. The Hall–Kier alpha value is -2.96. The van der Waals surface area contributed by atoms with Crippen LogP contribution in [0.25, 0.3) is 0 Å². The fourth-order valence-electron chi connectivity index (χ4n) is 3.90. The number of carbonyl (C=O) groups excluding carboxylic acids is 1. The molecule has 1 fully saturated rings. The molecule has 1 aromatic heterocycles. The van der Waals surface area contributed by atoms with Gasteiger partial charge in [0.2, 0.25) is 0 Å².